The van der Waals surface area contributed by atoms with Crippen molar-refractivity contribution >= 4 is 36.9 Å². The molecule has 2 rings (SSSR count). The highest BCUT2D eigenvalue weighted by Gasteiger charge is 2.56. The van der Waals surface area contributed by atoms with E-state index in [0.29, 0.717) is 0 Å². The number of carbonyl (C=O) groups is 1. The van der Waals surface area contributed by atoms with Crippen LogP contribution in [0.2, 0.25) is 0 Å². The lowest BCUT2D eigenvalue weighted by atomic mass is 9.95. The van der Waals surface area contributed by atoms with Crippen LogP contribution in [0.4, 0.5) is 0 Å². The lowest BCUT2D eigenvalue weighted by molar-refractivity contribution is -0.351. The maximum absolute atomic E-state index is 11.9. The Bertz CT molecular complexity index is 1170. The quantitative estimate of drug-likeness (QED) is 0.139. The summed E-state index contributed by atoms with van der Waals surface area (Å²) in [5, 5.41) is 9.66. The SMILES string of the molecule is CO[C@H]1O[C@H](CCS(=O)(=O)O)[C@@H](O[C@@H]2O[C@@H](C(=O)O)[C@@H](OC)[C@H](OC)[C@H]2OC)[C@H](OS(=O)(=O)O)[C@H]1OS(=O)(=O)O. The van der Waals surface area contributed by atoms with Crippen molar-refractivity contribution in [2.75, 3.05) is 34.2 Å². The zero-order chi connectivity index (χ0) is 30.6. The molecule has 0 unspecified atom stereocenters. The Hall–Kier alpha value is -1.16. The maximum Gasteiger partial charge on any atom is 0.397 e. The molecule has 2 aliphatic rings. The van der Waals surface area contributed by atoms with E-state index in [1.807, 2.05) is 0 Å². The van der Waals surface area contributed by atoms with E-state index in [1.165, 1.54) is 7.11 Å². The molecule has 10 atom stereocenters. The van der Waals surface area contributed by atoms with E-state index in [-0.39, 0.29) is 0 Å². The van der Waals surface area contributed by atoms with Gasteiger partial charge in [-0.1, -0.05) is 0 Å². The molecule has 0 saturated carbocycles. The summed E-state index contributed by atoms with van der Waals surface area (Å²) >= 11 is 0. The van der Waals surface area contributed by atoms with Crippen LogP contribution in [0.1, 0.15) is 6.42 Å². The third-order valence-corrected chi connectivity index (χ3v) is 7.48. The molecule has 0 spiro atoms. The Kier molecular flexibility index (Phi) is 12.2. The second-order valence-electron chi connectivity index (χ2n) is 8.30. The number of carboxylic acid groups (broad SMARTS) is 1. The van der Waals surface area contributed by atoms with Crippen molar-refractivity contribution in [1.29, 1.82) is 0 Å². The first kappa shape index (κ1) is 35.0. The fourth-order valence-corrected chi connectivity index (χ4v) is 5.78. The molecular weight excluding hydrogens is 620 g/mol. The topological polar surface area (TPSA) is 283 Å². The van der Waals surface area contributed by atoms with Crippen molar-refractivity contribution in [2.45, 2.75) is 67.8 Å². The molecule has 23 heteroatoms. The molecule has 0 radical (unpaired) electrons. The molecule has 2 heterocycles. The first-order chi connectivity index (χ1) is 18.4. The van der Waals surface area contributed by atoms with Gasteiger partial charge in [0.25, 0.3) is 10.1 Å². The lowest BCUT2D eigenvalue weighted by Gasteiger charge is -2.48. The second kappa shape index (κ2) is 13.9. The van der Waals surface area contributed by atoms with Crippen molar-refractivity contribution < 1.29 is 90.3 Å². The van der Waals surface area contributed by atoms with Gasteiger partial charge < -0.3 is 38.3 Å². The van der Waals surface area contributed by atoms with Crippen LogP contribution in [0.15, 0.2) is 0 Å². The average Bonchev–Trinajstić information content (AvgIpc) is 2.82. The minimum atomic E-state index is -5.48. The normalized spacial score (nSPS) is 35.9. The summed E-state index contributed by atoms with van der Waals surface area (Å²) < 4.78 is 144. The highest BCUT2D eigenvalue weighted by Crippen LogP contribution is 2.36. The van der Waals surface area contributed by atoms with Crippen LogP contribution >= 0.6 is 0 Å². The molecule has 40 heavy (non-hydrogen) atoms. The Morgan fingerprint density at radius 3 is 1.62 bits per heavy atom. The van der Waals surface area contributed by atoms with Crippen LogP contribution in [0.5, 0.6) is 0 Å². The monoisotopic (exact) mass is 650 g/mol. The molecule has 0 aromatic heterocycles. The van der Waals surface area contributed by atoms with E-state index in [4.69, 9.17) is 33.2 Å². The zero-order valence-electron chi connectivity index (χ0n) is 21.2. The highest BCUT2D eigenvalue weighted by molar-refractivity contribution is 7.85. The van der Waals surface area contributed by atoms with E-state index in [2.05, 4.69) is 8.37 Å². The lowest BCUT2D eigenvalue weighted by Crippen LogP contribution is -2.66. The molecule has 2 saturated heterocycles. The van der Waals surface area contributed by atoms with Gasteiger partial charge in [0.2, 0.25) is 0 Å². The maximum atomic E-state index is 11.9. The predicted molar refractivity (Wildman–Crippen MR) is 123 cm³/mol. The predicted octanol–water partition coefficient (Wildman–Crippen LogP) is -2.75. The summed E-state index contributed by atoms with van der Waals surface area (Å²) in [6.45, 7) is 0. The van der Waals surface area contributed by atoms with Gasteiger partial charge in [-0.15, -0.1) is 0 Å². The van der Waals surface area contributed by atoms with Gasteiger partial charge in [-0.05, 0) is 6.42 Å². The van der Waals surface area contributed by atoms with Crippen LogP contribution in [0.3, 0.4) is 0 Å². The number of rotatable bonds is 14. The molecule has 2 aliphatic heterocycles. The number of aliphatic carboxylic acids is 1. The second-order valence-corrected chi connectivity index (χ2v) is 12.0. The number of hydrogen-bond donors (Lipinski definition) is 4. The van der Waals surface area contributed by atoms with Gasteiger partial charge in [-0.3, -0.25) is 13.7 Å². The fraction of sp³-hybridized carbons (Fsp3) is 0.941. The molecule has 4 N–H and O–H groups in total. The average molecular weight is 651 g/mol. The molecule has 0 aromatic rings. The van der Waals surface area contributed by atoms with E-state index in [1.54, 1.807) is 0 Å². The van der Waals surface area contributed by atoms with Gasteiger partial charge in [0, 0.05) is 28.4 Å². The number of hydrogen-bond acceptors (Lipinski definition) is 16. The molecule has 2 fully saturated rings. The summed E-state index contributed by atoms with van der Waals surface area (Å²) in [5.41, 5.74) is 0. The van der Waals surface area contributed by atoms with E-state index in [9.17, 15) is 48.8 Å². The van der Waals surface area contributed by atoms with Gasteiger partial charge in [0.1, 0.15) is 30.5 Å². The van der Waals surface area contributed by atoms with Crippen molar-refractivity contribution in [2.24, 2.45) is 0 Å². The Morgan fingerprint density at radius 1 is 0.675 bits per heavy atom. The Morgan fingerprint density at radius 2 is 1.20 bits per heavy atom. The third-order valence-electron chi connectivity index (χ3n) is 5.80. The Balaban J connectivity index is 2.64. The molecular formula is C17H30O20S3. The standard InChI is InChI=1S/C17H30O20S3/c1-29-9-10(30-2)13(31-3)17(35-12(9)15(18)19)34-8-7(5-6-38(20,21)22)33-16(32-4)14(37-40(26,27)28)11(8)36-39(23,24)25/h7-14,16-17H,5-6H2,1-4H3,(H,18,19)(H,20,21,22)(H,23,24,25)(H,26,27,28)/t7-,8-,9+,10+,11+,12-,13-,14-,16+,17-/m1/s1. The number of ether oxygens (including phenoxy) is 7. The summed E-state index contributed by atoms with van der Waals surface area (Å²) in [4.78, 5) is 11.9. The van der Waals surface area contributed by atoms with Gasteiger partial charge in [-0.25, -0.2) is 13.2 Å². The highest BCUT2D eigenvalue weighted by atomic mass is 32.3. The van der Waals surface area contributed by atoms with Gasteiger partial charge in [0.05, 0.1) is 11.9 Å². The fourth-order valence-electron chi connectivity index (χ4n) is 4.27. The molecule has 0 aliphatic carbocycles. The van der Waals surface area contributed by atoms with Crippen LogP contribution < -0.4 is 0 Å². The van der Waals surface area contributed by atoms with E-state index in [0.717, 1.165) is 21.3 Å². The van der Waals surface area contributed by atoms with Crippen molar-refractivity contribution in [3.8, 4) is 0 Å². The summed E-state index contributed by atoms with van der Waals surface area (Å²) in [6, 6.07) is 0. The smallest absolute Gasteiger partial charge is 0.397 e. The largest absolute Gasteiger partial charge is 0.479 e. The van der Waals surface area contributed by atoms with Gasteiger partial charge in [-0.2, -0.15) is 25.3 Å². The van der Waals surface area contributed by atoms with Crippen molar-refractivity contribution in [3.05, 3.63) is 0 Å². The Labute approximate surface area is 229 Å². The first-order valence-corrected chi connectivity index (χ1v) is 15.3. The van der Waals surface area contributed by atoms with Crippen molar-refractivity contribution in [3.63, 3.8) is 0 Å². The van der Waals surface area contributed by atoms with E-state index >= 15 is 0 Å². The first-order valence-electron chi connectivity index (χ1n) is 10.9. The minimum absolute atomic E-state index is 0.700. The molecule has 0 amide bonds. The summed E-state index contributed by atoms with van der Waals surface area (Å²) in [7, 11) is -11.2. The molecule has 20 nitrogen and oxygen atoms in total. The third kappa shape index (κ3) is 9.43. The summed E-state index contributed by atoms with van der Waals surface area (Å²) in [5.74, 6) is -2.59. The summed E-state index contributed by atoms with van der Waals surface area (Å²) in [6.07, 6.45) is -18.3. The van der Waals surface area contributed by atoms with Crippen LogP contribution in [-0.2, 0) is 77.2 Å². The van der Waals surface area contributed by atoms with Crippen LogP contribution in [-0.4, -0.2) is 146 Å². The zero-order valence-corrected chi connectivity index (χ0v) is 23.7. The molecule has 0 aromatic carbocycles. The van der Waals surface area contributed by atoms with Crippen molar-refractivity contribution in [1.82, 2.24) is 0 Å². The van der Waals surface area contributed by atoms with Crippen LogP contribution in [0, 0.1) is 0 Å². The number of carboxylic acids is 1. The number of methoxy groups -OCH3 is 4. The van der Waals surface area contributed by atoms with Gasteiger partial charge >= 0.3 is 26.8 Å². The van der Waals surface area contributed by atoms with Gasteiger partial charge in [0.15, 0.2) is 24.8 Å². The van der Waals surface area contributed by atoms with Crippen LogP contribution in [0.25, 0.3) is 0 Å². The minimum Gasteiger partial charge on any atom is -0.479 e. The van der Waals surface area contributed by atoms with E-state index < -0.39 is 110 Å². The molecule has 236 valence electrons. The molecule has 0 bridgehead atoms.